The maximum Gasteiger partial charge on any atom is 0.294 e. The van der Waals surface area contributed by atoms with Crippen LogP contribution in [0.4, 0.5) is 0 Å². The topological polar surface area (TPSA) is 12.9 Å². The molecule has 1 aromatic rings. The van der Waals surface area contributed by atoms with E-state index in [1.165, 1.54) is 29.8 Å². The summed E-state index contributed by atoms with van der Waals surface area (Å²) in [5, 5.41) is 2.97. The van der Waals surface area contributed by atoms with Crippen molar-refractivity contribution in [2.24, 2.45) is 11.8 Å². The standard InChI is InChI=1S/C6H11.C5H5N.2C4H9.Al/c1-3-5-6-4-2;1-2-4-6-5-3-1;2*1-4(2)3;/h1,3H,4-6H2,2H3;1-5H;2*4H,1H2,2-3H3;. The van der Waals surface area contributed by atoms with Crippen molar-refractivity contribution in [2.75, 3.05) is 0 Å². The van der Waals surface area contributed by atoms with E-state index in [0.717, 1.165) is 11.8 Å². The monoisotopic (exact) mass is 303 g/mol. The molecule has 0 saturated carbocycles. The SMILES string of the molecule is CCCC/C=[CH]/[Al]([CH2]C(C)C)[CH2]C(C)C.c1ccncc1. The number of rotatable bonds is 8. The van der Waals surface area contributed by atoms with Crippen LogP contribution in [0.3, 0.4) is 0 Å². The van der Waals surface area contributed by atoms with Crippen molar-refractivity contribution in [3.63, 3.8) is 0 Å². The molecule has 1 nitrogen and oxygen atoms in total. The van der Waals surface area contributed by atoms with Gasteiger partial charge in [0.15, 0.2) is 0 Å². The average molecular weight is 303 g/mol. The molecule has 1 heterocycles. The number of allylic oxidation sites excluding steroid dienone is 1. The van der Waals surface area contributed by atoms with Gasteiger partial charge in [-0.1, -0.05) is 75.9 Å². The number of hydrogen-bond donors (Lipinski definition) is 0. The van der Waals surface area contributed by atoms with Crippen LogP contribution in [-0.2, 0) is 0 Å². The molecule has 0 N–H and O–H groups in total. The number of unbranched alkanes of at least 4 members (excludes halogenated alkanes) is 2. The Morgan fingerprint density at radius 1 is 0.952 bits per heavy atom. The third kappa shape index (κ3) is 15.6. The molecule has 118 valence electrons. The summed E-state index contributed by atoms with van der Waals surface area (Å²) < 4.78 is 0. The van der Waals surface area contributed by atoms with Crippen molar-refractivity contribution in [1.82, 2.24) is 4.98 Å². The van der Waals surface area contributed by atoms with E-state index in [1.54, 1.807) is 12.4 Å². The van der Waals surface area contributed by atoms with E-state index in [-0.39, 0.29) is 0 Å². The van der Waals surface area contributed by atoms with Crippen molar-refractivity contribution in [3.8, 4) is 0 Å². The Morgan fingerprint density at radius 3 is 1.86 bits per heavy atom. The molecule has 2 heteroatoms. The second-order valence-corrected chi connectivity index (χ2v) is 9.46. The van der Waals surface area contributed by atoms with Crippen LogP contribution in [0.25, 0.3) is 0 Å². The Bertz CT molecular complexity index is 296. The summed E-state index contributed by atoms with van der Waals surface area (Å²) in [6, 6.07) is 5.72. The van der Waals surface area contributed by atoms with Gasteiger partial charge in [-0.15, -0.1) is 11.0 Å². The van der Waals surface area contributed by atoms with E-state index in [0.29, 0.717) is 0 Å². The minimum Gasteiger partial charge on any atom is -0.265 e. The van der Waals surface area contributed by atoms with Crippen LogP contribution in [0.1, 0.15) is 53.9 Å². The lowest BCUT2D eigenvalue weighted by Crippen LogP contribution is -2.15. The van der Waals surface area contributed by atoms with Gasteiger partial charge in [0.05, 0.1) is 0 Å². The average Bonchev–Trinajstić information content (AvgIpc) is 2.45. The zero-order valence-electron chi connectivity index (χ0n) is 14.8. The van der Waals surface area contributed by atoms with Crippen LogP contribution in [0, 0.1) is 11.8 Å². The van der Waals surface area contributed by atoms with E-state index in [1.807, 2.05) is 18.2 Å². The molecule has 0 amide bonds. The quantitative estimate of drug-likeness (QED) is 0.414. The van der Waals surface area contributed by atoms with Gasteiger partial charge in [-0.05, 0) is 18.6 Å². The van der Waals surface area contributed by atoms with Crippen LogP contribution < -0.4 is 0 Å². The molecule has 0 spiro atoms. The summed E-state index contributed by atoms with van der Waals surface area (Å²) in [5.74, 6) is 1.77. The summed E-state index contributed by atoms with van der Waals surface area (Å²) in [7, 11) is 0. The van der Waals surface area contributed by atoms with Gasteiger partial charge in [0, 0.05) is 12.4 Å². The summed E-state index contributed by atoms with van der Waals surface area (Å²) >= 11 is -0.573. The Labute approximate surface area is 137 Å². The highest BCUT2D eigenvalue weighted by atomic mass is 27.2. The first-order valence-electron chi connectivity index (χ1n) is 8.57. The minimum absolute atomic E-state index is 0.573. The molecule has 0 saturated heterocycles. The van der Waals surface area contributed by atoms with Gasteiger partial charge in [-0.3, -0.25) is 4.98 Å². The molecule has 0 bridgehead atoms. The second-order valence-electron chi connectivity index (χ2n) is 6.61. The highest BCUT2D eigenvalue weighted by molar-refractivity contribution is 6.64. The molecule has 1 rings (SSSR count). The first kappa shape index (κ1) is 20.4. The van der Waals surface area contributed by atoms with E-state index < -0.39 is 14.1 Å². The molecule has 0 fully saturated rings. The summed E-state index contributed by atoms with van der Waals surface area (Å²) in [5.41, 5.74) is 0. The Hall–Kier alpha value is -0.578. The maximum absolute atomic E-state index is 3.78. The van der Waals surface area contributed by atoms with Crippen LogP contribution in [0.2, 0.25) is 10.6 Å². The summed E-state index contributed by atoms with van der Waals surface area (Å²) in [6.07, 6.45) is 9.95. The lowest BCUT2D eigenvalue weighted by Gasteiger charge is -2.12. The molecule has 0 aliphatic carbocycles. The first-order valence-corrected chi connectivity index (χ1v) is 10.9. The van der Waals surface area contributed by atoms with Crippen molar-refractivity contribution >= 4 is 14.1 Å². The molecule has 21 heavy (non-hydrogen) atoms. The largest absolute Gasteiger partial charge is 0.294 e. The fourth-order valence-corrected chi connectivity index (χ4v) is 5.89. The number of aromatic nitrogens is 1. The zero-order chi connectivity index (χ0) is 15.9. The van der Waals surface area contributed by atoms with Gasteiger partial charge in [0.25, 0.3) is 14.1 Å². The lowest BCUT2D eigenvalue weighted by atomic mass is 10.2. The third-order valence-electron chi connectivity index (χ3n) is 3.25. The highest BCUT2D eigenvalue weighted by Gasteiger charge is 2.16. The Morgan fingerprint density at radius 2 is 1.52 bits per heavy atom. The number of hydrogen-bond acceptors (Lipinski definition) is 1. The molecule has 0 aliphatic rings. The molecular formula is C19H34AlN. The van der Waals surface area contributed by atoms with E-state index in [2.05, 4.69) is 50.6 Å². The Balaban J connectivity index is 0.000000547. The maximum atomic E-state index is 3.78. The molecule has 0 radical (unpaired) electrons. The third-order valence-corrected chi connectivity index (χ3v) is 7.16. The summed E-state index contributed by atoms with van der Waals surface area (Å²) in [6.45, 7) is 11.7. The zero-order valence-corrected chi connectivity index (χ0v) is 15.9. The smallest absolute Gasteiger partial charge is 0.265 e. The highest BCUT2D eigenvalue weighted by Crippen LogP contribution is 2.15. The first-order chi connectivity index (χ1) is 10.1. The van der Waals surface area contributed by atoms with Gasteiger partial charge in [-0.25, -0.2) is 0 Å². The normalized spacial score (nSPS) is 10.8. The molecule has 0 unspecified atom stereocenters. The predicted molar refractivity (Wildman–Crippen MR) is 97.9 cm³/mol. The second kappa shape index (κ2) is 14.4. The van der Waals surface area contributed by atoms with E-state index in [4.69, 9.17) is 0 Å². The molecule has 0 atom stereocenters. The van der Waals surface area contributed by atoms with E-state index >= 15 is 0 Å². The fourth-order valence-electron chi connectivity index (χ4n) is 2.39. The van der Waals surface area contributed by atoms with Gasteiger partial charge >= 0.3 is 0 Å². The molecular weight excluding hydrogens is 269 g/mol. The van der Waals surface area contributed by atoms with Crippen molar-refractivity contribution in [3.05, 3.63) is 41.6 Å². The fraction of sp³-hybridized carbons (Fsp3) is 0.632. The van der Waals surface area contributed by atoms with Gasteiger partial charge in [0.2, 0.25) is 0 Å². The number of nitrogens with zero attached hydrogens (tertiary/aromatic N) is 1. The number of pyridine rings is 1. The predicted octanol–water partition coefficient (Wildman–Crippen LogP) is 6.16. The Kier molecular flexibility index (Phi) is 14.0. The van der Waals surface area contributed by atoms with Crippen LogP contribution >= 0.6 is 0 Å². The van der Waals surface area contributed by atoms with Crippen LogP contribution in [-0.4, -0.2) is 19.1 Å². The van der Waals surface area contributed by atoms with Crippen LogP contribution in [0.15, 0.2) is 41.6 Å². The van der Waals surface area contributed by atoms with Crippen molar-refractivity contribution in [1.29, 1.82) is 0 Å². The van der Waals surface area contributed by atoms with Gasteiger partial charge in [-0.2, -0.15) is 0 Å². The molecule has 0 aromatic carbocycles. The van der Waals surface area contributed by atoms with Gasteiger partial charge < -0.3 is 0 Å². The van der Waals surface area contributed by atoms with Gasteiger partial charge in [0.1, 0.15) is 0 Å². The lowest BCUT2D eigenvalue weighted by molar-refractivity contribution is 0.694. The molecule has 0 aliphatic heterocycles. The van der Waals surface area contributed by atoms with E-state index in [9.17, 15) is 0 Å². The van der Waals surface area contributed by atoms with Crippen molar-refractivity contribution in [2.45, 2.75) is 64.4 Å². The minimum atomic E-state index is -0.573. The molecule has 1 aromatic heterocycles. The van der Waals surface area contributed by atoms with Crippen LogP contribution in [0.5, 0.6) is 0 Å². The van der Waals surface area contributed by atoms with Crippen molar-refractivity contribution < 1.29 is 0 Å². The summed E-state index contributed by atoms with van der Waals surface area (Å²) in [4.78, 5) is 6.39.